The zero-order valence-corrected chi connectivity index (χ0v) is 12.4. The number of hydrogen-bond acceptors (Lipinski definition) is 5. The summed E-state index contributed by atoms with van der Waals surface area (Å²) in [5, 5.41) is 8.16. The summed E-state index contributed by atoms with van der Waals surface area (Å²) in [5.74, 6) is 1.42. The lowest BCUT2D eigenvalue weighted by molar-refractivity contribution is 0.395. The molecule has 0 aliphatic rings. The van der Waals surface area contributed by atoms with Gasteiger partial charge in [-0.15, -0.1) is 5.10 Å². The predicted octanol–water partition coefficient (Wildman–Crippen LogP) is 2.53. The lowest BCUT2D eigenvalue weighted by Gasteiger charge is -2.11. The van der Waals surface area contributed by atoms with E-state index >= 15 is 0 Å². The van der Waals surface area contributed by atoms with Gasteiger partial charge in [0.15, 0.2) is 0 Å². The summed E-state index contributed by atoms with van der Waals surface area (Å²) in [6.07, 6.45) is 1.70. The van der Waals surface area contributed by atoms with Crippen LogP contribution in [0.5, 0.6) is 11.5 Å². The van der Waals surface area contributed by atoms with Gasteiger partial charge in [-0.25, -0.2) is 4.68 Å². The van der Waals surface area contributed by atoms with Gasteiger partial charge in [0.25, 0.3) is 0 Å². The normalized spacial score (nSPS) is 10.5. The lowest BCUT2D eigenvalue weighted by Crippen LogP contribution is -2.01. The fourth-order valence-electron chi connectivity index (χ4n) is 2.24. The molecule has 2 N–H and O–H groups in total. The number of rotatable bonds is 4. The van der Waals surface area contributed by atoms with Gasteiger partial charge in [-0.3, -0.25) is 0 Å². The number of aromatic nitrogens is 3. The van der Waals surface area contributed by atoms with Crippen molar-refractivity contribution in [1.82, 2.24) is 15.0 Å². The van der Waals surface area contributed by atoms with E-state index in [2.05, 4.69) is 10.3 Å². The van der Waals surface area contributed by atoms with Crippen LogP contribution in [0.1, 0.15) is 0 Å². The molecule has 0 spiro atoms. The van der Waals surface area contributed by atoms with E-state index in [0.717, 1.165) is 22.7 Å². The SMILES string of the molecule is COc1ccc(-c2cnnn2-c2ccc(N)cc2)c(OC)c1. The summed E-state index contributed by atoms with van der Waals surface area (Å²) in [5.41, 5.74) is 9.01. The summed E-state index contributed by atoms with van der Waals surface area (Å²) < 4.78 is 12.4. The van der Waals surface area contributed by atoms with Crippen LogP contribution in [0.3, 0.4) is 0 Å². The minimum Gasteiger partial charge on any atom is -0.497 e. The zero-order chi connectivity index (χ0) is 15.5. The minimum atomic E-state index is 0.693. The third-order valence-corrected chi connectivity index (χ3v) is 3.37. The molecule has 22 heavy (non-hydrogen) atoms. The summed E-state index contributed by atoms with van der Waals surface area (Å²) in [6, 6.07) is 13.1. The van der Waals surface area contributed by atoms with E-state index < -0.39 is 0 Å². The van der Waals surface area contributed by atoms with Crippen LogP contribution in [0.25, 0.3) is 16.9 Å². The second-order valence-corrected chi connectivity index (χ2v) is 4.69. The van der Waals surface area contributed by atoms with Crippen molar-refractivity contribution >= 4 is 5.69 Å². The first-order valence-electron chi connectivity index (χ1n) is 6.72. The molecule has 6 heteroatoms. The summed E-state index contributed by atoms with van der Waals surface area (Å²) in [6.45, 7) is 0. The first-order valence-corrected chi connectivity index (χ1v) is 6.72. The van der Waals surface area contributed by atoms with Gasteiger partial charge in [-0.1, -0.05) is 5.21 Å². The average Bonchev–Trinajstić information content (AvgIpc) is 3.04. The number of ether oxygens (including phenoxy) is 2. The van der Waals surface area contributed by atoms with Crippen LogP contribution in [0.4, 0.5) is 5.69 Å². The number of methoxy groups -OCH3 is 2. The van der Waals surface area contributed by atoms with Gasteiger partial charge < -0.3 is 15.2 Å². The third kappa shape index (κ3) is 2.46. The number of benzene rings is 2. The Bertz CT molecular complexity index is 781. The maximum absolute atomic E-state index is 5.73. The highest BCUT2D eigenvalue weighted by atomic mass is 16.5. The summed E-state index contributed by atoms with van der Waals surface area (Å²) >= 11 is 0. The molecule has 3 rings (SSSR count). The van der Waals surface area contributed by atoms with Crippen LogP contribution >= 0.6 is 0 Å². The van der Waals surface area contributed by atoms with Crippen molar-refractivity contribution in [2.75, 3.05) is 20.0 Å². The van der Waals surface area contributed by atoms with Crippen LogP contribution in [0, 0.1) is 0 Å². The molecule has 0 unspecified atom stereocenters. The highest BCUT2D eigenvalue weighted by molar-refractivity contribution is 5.69. The average molecular weight is 296 g/mol. The topological polar surface area (TPSA) is 75.2 Å². The Balaban J connectivity index is 2.10. The molecule has 0 fully saturated rings. The second-order valence-electron chi connectivity index (χ2n) is 4.69. The van der Waals surface area contributed by atoms with Gasteiger partial charge in [-0.05, 0) is 36.4 Å². The second kappa shape index (κ2) is 5.77. The smallest absolute Gasteiger partial charge is 0.132 e. The monoisotopic (exact) mass is 296 g/mol. The summed E-state index contributed by atoms with van der Waals surface area (Å²) in [7, 11) is 3.24. The highest BCUT2D eigenvalue weighted by Crippen LogP contribution is 2.33. The van der Waals surface area contributed by atoms with E-state index in [1.807, 2.05) is 42.5 Å². The molecule has 0 atom stereocenters. The van der Waals surface area contributed by atoms with Gasteiger partial charge in [0, 0.05) is 17.3 Å². The third-order valence-electron chi connectivity index (χ3n) is 3.37. The van der Waals surface area contributed by atoms with Gasteiger partial charge in [0.2, 0.25) is 0 Å². The minimum absolute atomic E-state index is 0.693. The number of nitrogens with two attached hydrogens (primary N) is 1. The van der Waals surface area contributed by atoms with Gasteiger partial charge in [0.1, 0.15) is 11.5 Å². The predicted molar refractivity (Wildman–Crippen MR) is 84.3 cm³/mol. The Morgan fingerprint density at radius 2 is 1.77 bits per heavy atom. The Hall–Kier alpha value is -3.02. The van der Waals surface area contributed by atoms with Gasteiger partial charge >= 0.3 is 0 Å². The van der Waals surface area contributed by atoms with Gasteiger partial charge in [-0.2, -0.15) is 0 Å². The van der Waals surface area contributed by atoms with E-state index in [-0.39, 0.29) is 0 Å². The molecule has 1 heterocycles. The van der Waals surface area contributed by atoms with Crippen LogP contribution < -0.4 is 15.2 Å². The van der Waals surface area contributed by atoms with Crippen molar-refractivity contribution < 1.29 is 9.47 Å². The largest absolute Gasteiger partial charge is 0.497 e. The van der Waals surface area contributed by atoms with E-state index in [1.54, 1.807) is 25.1 Å². The molecular weight excluding hydrogens is 280 g/mol. The van der Waals surface area contributed by atoms with Crippen molar-refractivity contribution in [1.29, 1.82) is 0 Å². The number of nitrogen functional groups attached to an aromatic ring is 1. The van der Waals surface area contributed by atoms with Crippen molar-refractivity contribution in [2.24, 2.45) is 0 Å². The molecule has 2 aromatic carbocycles. The Morgan fingerprint density at radius 1 is 1.00 bits per heavy atom. The maximum Gasteiger partial charge on any atom is 0.132 e. The standard InChI is InChI=1S/C16H16N4O2/c1-21-13-7-8-14(16(9-13)22-2)15-10-18-19-20(15)12-5-3-11(17)4-6-12/h3-10H,17H2,1-2H3. The van der Waals surface area contributed by atoms with Crippen molar-refractivity contribution in [3.63, 3.8) is 0 Å². The molecule has 1 aromatic heterocycles. The Labute approximate surface area is 128 Å². The van der Waals surface area contributed by atoms with E-state index in [9.17, 15) is 0 Å². The Kier molecular flexibility index (Phi) is 3.65. The summed E-state index contributed by atoms with van der Waals surface area (Å²) in [4.78, 5) is 0. The van der Waals surface area contributed by atoms with Crippen LogP contribution in [0.15, 0.2) is 48.7 Å². The molecule has 0 amide bonds. The van der Waals surface area contributed by atoms with Crippen molar-refractivity contribution in [3.8, 4) is 28.4 Å². The number of hydrogen-bond donors (Lipinski definition) is 1. The fourth-order valence-corrected chi connectivity index (χ4v) is 2.24. The van der Waals surface area contributed by atoms with Crippen molar-refractivity contribution in [2.45, 2.75) is 0 Å². The first-order chi connectivity index (χ1) is 10.7. The molecule has 6 nitrogen and oxygen atoms in total. The van der Waals surface area contributed by atoms with Crippen LogP contribution in [-0.4, -0.2) is 29.2 Å². The molecule has 0 saturated heterocycles. The molecular formula is C16H16N4O2. The molecule has 112 valence electrons. The van der Waals surface area contributed by atoms with E-state index in [0.29, 0.717) is 11.4 Å². The maximum atomic E-state index is 5.73. The van der Waals surface area contributed by atoms with E-state index in [4.69, 9.17) is 15.2 Å². The number of nitrogens with zero attached hydrogens (tertiary/aromatic N) is 3. The molecule has 0 bridgehead atoms. The highest BCUT2D eigenvalue weighted by Gasteiger charge is 2.14. The fraction of sp³-hybridized carbons (Fsp3) is 0.125. The number of anilines is 1. The quantitative estimate of drug-likeness (QED) is 0.749. The van der Waals surface area contributed by atoms with E-state index in [1.165, 1.54) is 0 Å². The lowest BCUT2D eigenvalue weighted by atomic mass is 10.1. The molecule has 0 radical (unpaired) electrons. The van der Waals surface area contributed by atoms with Crippen LogP contribution in [0.2, 0.25) is 0 Å². The van der Waals surface area contributed by atoms with Gasteiger partial charge in [0.05, 0.1) is 31.8 Å². The van der Waals surface area contributed by atoms with Crippen LogP contribution in [-0.2, 0) is 0 Å². The molecule has 0 aliphatic carbocycles. The van der Waals surface area contributed by atoms with Crippen molar-refractivity contribution in [3.05, 3.63) is 48.7 Å². The Morgan fingerprint density at radius 3 is 2.45 bits per heavy atom. The molecule has 0 aliphatic heterocycles. The zero-order valence-electron chi connectivity index (χ0n) is 12.4. The first kappa shape index (κ1) is 13.9. The molecule has 3 aromatic rings. The molecule has 0 saturated carbocycles.